The van der Waals surface area contributed by atoms with Crippen LogP contribution in [0.1, 0.15) is 32.1 Å². The molecule has 0 N–H and O–H groups in total. The lowest BCUT2D eigenvalue weighted by atomic mass is 9.97. The molecular formula is C19H22FN3O4. The summed E-state index contributed by atoms with van der Waals surface area (Å²) in [6.07, 6.45) is 1.85. The molecule has 27 heavy (non-hydrogen) atoms. The Morgan fingerprint density at radius 2 is 1.96 bits per heavy atom. The van der Waals surface area contributed by atoms with Crippen LogP contribution in [0.5, 0.6) is 0 Å². The monoisotopic (exact) mass is 375 g/mol. The van der Waals surface area contributed by atoms with Crippen LogP contribution in [0, 0.1) is 11.7 Å². The molecule has 7 nitrogen and oxygen atoms in total. The Morgan fingerprint density at radius 3 is 2.63 bits per heavy atom. The predicted octanol–water partition coefficient (Wildman–Crippen LogP) is 2.61. The van der Waals surface area contributed by atoms with Crippen LogP contribution < -0.4 is 0 Å². The molecule has 0 unspecified atom stereocenters. The molecule has 0 spiro atoms. The lowest BCUT2D eigenvalue weighted by Crippen LogP contribution is -2.40. The van der Waals surface area contributed by atoms with Gasteiger partial charge in [0.1, 0.15) is 5.82 Å². The van der Waals surface area contributed by atoms with Gasteiger partial charge in [-0.2, -0.15) is 4.98 Å². The molecule has 2 aromatic rings. The number of amides is 1. The maximum atomic E-state index is 13.0. The predicted molar refractivity (Wildman–Crippen MR) is 94.0 cm³/mol. The van der Waals surface area contributed by atoms with Crippen molar-refractivity contribution in [2.45, 2.75) is 32.6 Å². The Balaban J connectivity index is 1.47. The average molecular weight is 375 g/mol. The highest BCUT2D eigenvalue weighted by molar-refractivity contribution is 5.77. The Labute approximate surface area is 156 Å². The molecule has 1 fully saturated rings. The van der Waals surface area contributed by atoms with Gasteiger partial charge in [0.2, 0.25) is 17.6 Å². The summed E-state index contributed by atoms with van der Waals surface area (Å²) < 4.78 is 23.2. The van der Waals surface area contributed by atoms with E-state index in [9.17, 15) is 14.0 Å². The summed E-state index contributed by atoms with van der Waals surface area (Å²) in [6, 6.07) is 5.80. The van der Waals surface area contributed by atoms with Gasteiger partial charge in [0.05, 0.1) is 12.5 Å². The Bertz CT molecular complexity index is 783. The minimum absolute atomic E-state index is 0.00107. The van der Waals surface area contributed by atoms with Crippen LogP contribution in [0.15, 0.2) is 28.8 Å². The molecule has 1 aliphatic heterocycles. The first-order valence-electron chi connectivity index (χ1n) is 9.09. The quantitative estimate of drug-likeness (QED) is 0.722. The zero-order chi connectivity index (χ0) is 19.2. The minimum atomic E-state index is -0.334. The minimum Gasteiger partial charge on any atom is -0.466 e. The second kappa shape index (κ2) is 8.75. The zero-order valence-corrected chi connectivity index (χ0v) is 15.2. The first-order chi connectivity index (χ1) is 13.1. The van der Waals surface area contributed by atoms with E-state index in [1.807, 2.05) is 0 Å². The van der Waals surface area contributed by atoms with Gasteiger partial charge in [-0.3, -0.25) is 9.59 Å². The van der Waals surface area contributed by atoms with E-state index in [1.54, 1.807) is 24.0 Å². The number of esters is 1. The molecule has 0 radical (unpaired) electrons. The number of ether oxygens (including phenoxy) is 1. The van der Waals surface area contributed by atoms with Crippen molar-refractivity contribution in [2.75, 3.05) is 19.7 Å². The highest BCUT2D eigenvalue weighted by Gasteiger charge is 2.28. The van der Waals surface area contributed by atoms with Crippen molar-refractivity contribution in [3.63, 3.8) is 0 Å². The van der Waals surface area contributed by atoms with Crippen LogP contribution in [-0.2, 0) is 20.7 Å². The molecule has 0 aliphatic carbocycles. The van der Waals surface area contributed by atoms with Crippen LogP contribution in [0.3, 0.4) is 0 Å². The fourth-order valence-corrected chi connectivity index (χ4v) is 3.07. The summed E-state index contributed by atoms with van der Waals surface area (Å²) in [7, 11) is 0. The number of hydrogen-bond donors (Lipinski definition) is 0. The van der Waals surface area contributed by atoms with E-state index in [4.69, 9.17) is 9.26 Å². The largest absolute Gasteiger partial charge is 0.466 e. The summed E-state index contributed by atoms with van der Waals surface area (Å²) in [4.78, 5) is 30.1. The van der Waals surface area contributed by atoms with Crippen molar-refractivity contribution in [3.05, 3.63) is 36.0 Å². The van der Waals surface area contributed by atoms with Crippen molar-refractivity contribution in [1.82, 2.24) is 15.0 Å². The van der Waals surface area contributed by atoms with Crippen LogP contribution in [0.25, 0.3) is 11.4 Å². The normalized spacial score (nSPS) is 15.0. The van der Waals surface area contributed by atoms with Crippen molar-refractivity contribution in [1.29, 1.82) is 0 Å². The first-order valence-corrected chi connectivity index (χ1v) is 9.09. The van der Waals surface area contributed by atoms with E-state index in [-0.39, 0.29) is 30.0 Å². The van der Waals surface area contributed by atoms with Gasteiger partial charge >= 0.3 is 5.97 Å². The van der Waals surface area contributed by atoms with Gasteiger partial charge in [-0.15, -0.1) is 0 Å². The molecule has 3 rings (SSSR count). The lowest BCUT2D eigenvalue weighted by molar-refractivity contribution is -0.151. The number of hydrogen-bond acceptors (Lipinski definition) is 6. The third-order valence-electron chi connectivity index (χ3n) is 4.59. The highest BCUT2D eigenvalue weighted by Crippen LogP contribution is 2.20. The maximum absolute atomic E-state index is 13.0. The topological polar surface area (TPSA) is 85.5 Å². The van der Waals surface area contributed by atoms with Gasteiger partial charge in [-0.1, -0.05) is 5.16 Å². The second-order valence-electron chi connectivity index (χ2n) is 6.43. The second-order valence-corrected chi connectivity index (χ2v) is 6.43. The van der Waals surface area contributed by atoms with Gasteiger partial charge in [0, 0.05) is 31.5 Å². The number of rotatable bonds is 6. The third kappa shape index (κ3) is 4.90. The van der Waals surface area contributed by atoms with E-state index >= 15 is 0 Å². The molecule has 144 valence electrons. The Kier molecular flexibility index (Phi) is 6.16. The van der Waals surface area contributed by atoms with Gasteiger partial charge in [0.25, 0.3) is 0 Å². The van der Waals surface area contributed by atoms with Gasteiger partial charge in [-0.25, -0.2) is 4.39 Å². The molecule has 1 aliphatic rings. The van der Waals surface area contributed by atoms with Crippen molar-refractivity contribution < 1.29 is 23.2 Å². The molecule has 0 atom stereocenters. The molecule has 0 bridgehead atoms. The maximum Gasteiger partial charge on any atom is 0.309 e. The zero-order valence-electron chi connectivity index (χ0n) is 15.2. The fourth-order valence-electron chi connectivity index (χ4n) is 3.07. The van der Waals surface area contributed by atoms with Crippen molar-refractivity contribution >= 4 is 11.9 Å². The SMILES string of the molecule is CCOC(=O)C1CCN(C(=O)CCc2nc(-c3ccc(F)cc3)no2)CC1. The van der Waals surface area contributed by atoms with Crippen molar-refractivity contribution in [2.24, 2.45) is 5.92 Å². The molecule has 8 heteroatoms. The number of halogens is 1. The number of piperidine rings is 1. The van der Waals surface area contributed by atoms with E-state index in [0.717, 1.165) is 0 Å². The molecule has 2 heterocycles. The highest BCUT2D eigenvalue weighted by atomic mass is 19.1. The van der Waals surface area contributed by atoms with E-state index < -0.39 is 0 Å². The first kappa shape index (κ1) is 19.0. The van der Waals surface area contributed by atoms with E-state index in [1.165, 1.54) is 12.1 Å². The van der Waals surface area contributed by atoms with Gasteiger partial charge in [0.15, 0.2) is 0 Å². The van der Waals surface area contributed by atoms with Crippen molar-refractivity contribution in [3.8, 4) is 11.4 Å². The number of aryl methyl sites for hydroxylation is 1. The van der Waals surface area contributed by atoms with Crippen LogP contribution >= 0.6 is 0 Å². The van der Waals surface area contributed by atoms with E-state index in [0.29, 0.717) is 56.2 Å². The summed E-state index contributed by atoms with van der Waals surface area (Å²) in [5.41, 5.74) is 0.652. The Hall–Kier alpha value is -2.77. The fraction of sp³-hybridized carbons (Fsp3) is 0.474. The Morgan fingerprint density at radius 1 is 1.26 bits per heavy atom. The molecule has 1 aromatic heterocycles. The molecule has 1 aromatic carbocycles. The third-order valence-corrected chi connectivity index (χ3v) is 4.59. The molecule has 1 amide bonds. The smallest absolute Gasteiger partial charge is 0.309 e. The van der Waals surface area contributed by atoms with Crippen LogP contribution in [0.2, 0.25) is 0 Å². The van der Waals surface area contributed by atoms with E-state index in [2.05, 4.69) is 10.1 Å². The number of likely N-dealkylation sites (tertiary alicyclic amines) is 1. The number of benzene rings is 1. The number of nitrogens with zero attached hydrogens (tertiary/aromatic N) is 3. The van der Waals surface area contributed by atoms with Crippen LogP contribution in [-0.4, -0.2) is 46.6 Å². The number of aromatic nitrogens is 2. The van der Waals surface area contributed by atoms with Gasteiger partial charge < -0.3 is 14.2 Å². The number of carbonyl (C=O) groups is 2. The summed E-state index contributed by atoms with van der Waals surface area (Å²) in [5, 5.41) is 3.87. The number of carbonyl (C=O) groups excluding carboxylic acids is 2. The molecular weight excluding hydrogens is 353 g/mol. The van der Waals surface area contributed by atoms with Gasteiger partial charge in [-0.05, 0) is 44.0 Å². The summed E-state index contributed by atoms with van der Waals surface area (Å²) in [6.45, 7) is 3.26. The summed E-state index contributed by atoms with van der Waals surface area (Å²) in [5.74, 6) is 0.0995. The lowest BCUT2D eigenvalue weighted by Gasteiger charge is -2.30. The standard InChI is InChI=1S/C19H22FN3O4/c1-2-26-19(25)14-9-11-23(12-10-14)17(24)8-7-16-21-18(22-27-16)13-3-5-15(20)6-4-13/h3-6,14H,2,7-12H2,1H3. The summed E-state index contributed by atoms with van der Waals surface area (Å²) >= 11 is 0. The average Bonchev–Trinajstić information content (AvgIpc) is 3.16. The molecule has 1 saturated heterocycles. The van der Waals surface area contributed by atoms with Crippen LogP contribution in [0.4, 0.5) is 4.39 Å². The molecule has 0 saturated carbocycles.